The molecule has 0 atom stereocenters. The van der Waals surface area contributed by atoms with Crippen molar-refractivity contribution in [2.24, 2.45) is 0 Å². The molecule has 0 aliphatic carbocycles. The predicted molar refractivity (Wildman–Crippen MR) is 24.4 cm³/mol. The van der Waals surface area contributed by atoms with Gasteiger partial charge in [-0.3, -0.25) is 4.89 Å². The van der Waals surface area contributed by atoms with Crippen LogP contribution in [0.4, 0.5) is 26.3 Å². The predicted octanol–water partition coefficient (Wildman–Crippen LogP) is -0.807. The van der Waals surface area contributed by atoms with Gasteiger partial charge in [0.1, 0.15) is 0 Å². The summed E-state index contributed by atoms with van der Waals surface area (Å²) in [6, 6.07) is 0. The Morgan fingerprint density at radius 2 is 1.23 bits per heavy atom. The molecule has 0 aliphatic heterocycles. The maximum Gasteiger partial charge on any atom is 1.00 e. The maximum absolute atomic E-state index is 10.4. The van der Waals surface area contributed by atoms with Crippen LogP contribution in [0.2, 0.25) is 0 Å². The first-order chi connectivity index (χ1) is 5.12. The van der Waals surface area contributed by atoms with E-state index in [1.165, 1.54) is 0 Å². The standard InChI is InChI=1S/BF4.F2HO4P.Li/c2-1(3,4)5;1-5-7(3,4)6-2;/h;(H,3,4);/q-1;;+1. The van der Waals surface area contributed by atoms with E-state index in [2.05, 4.69) is 9.46 Å². The van der Waals surface area contributed by atoms with Gasteiger partial charge in [0.25, 0.3) is 0 Å². The topological polar surface area (TPSA) is 55.8 Å². The van der Waals surface area contributed by atoms with E-state index < -0.39 is 15.1 Å². The third kappa shape index (κ3) is 32.8. The van der Waals surface area contributed by atoms with Crippen LogP contribution < -0.4 is 18.9 Å². The summed E-state index contributed by atoms with van der Waals surface area (Å²) in [4.78, 5) is 7.49. The zero-order valence-electron chi connectivity index (χ0n) is 5.96. The van der Waals surface area contributed by atoms with Crippen LogP contribution in [0.25, 0.3) is 0 Å². The molecule has 0 aliphatic rings. The van der Waals surface area contributed by atoms with E-state index in [1.807, 2.05) is 0 Å². The molecule has 0 rings (SSSR count). The Morgan fingerprint density at radius 3 is 1.23 bits per heavy atom. The molecule has 0 bridgehead atoms. The number of halogens is 6. The Labute approximate surface area is 79.9 Å². The molecular formula is HBF6LiO4P. The van der Waals surface area contributed by atoms with E-state index >= 15 is 0 Å². The molecule has 4 nitrogen and oxygen atoms in total. The zero-order valence-corrected chi connectivity index (χ0v) is 6.86. The van der Waals surface area contributed by atoms with Gasteiger partial charge in [0.2, 0.25) is 0 Å². The molecule has 0 heterocycles. The van der Waals surface area contributed by atoms with Crippen LogP contribution in [0.3, 0.4) is 0 Å². The summed E-state index contributed by atoms with van der Waals surface area (Å²) in [5.74, 6) is 0. The fraction of sp³-hybridized carbons (Fsp3) is 0. The van der Waals surface area contributed by atoms with Crippen molar-refractivity contribution < 1.29 is 64.1 Å². The van der Waals surface area contributed by atoms with E-state index in [0.717, 1.165) is 0 Å². The van der Waals surface area contributed by atoms with E-state index in [-0.39, 0.29) is 18.9 Å². The Balaban J connectivity index is -0.000000150. The molecule has 0 radical (unpaired) electrons. The molecule has 0 aromatic heterocycles. The maximum atomic E-state index is 10.4. The van der Waals surface area contributed by atoms with Gasteiger partial charge >= 0.3 is 33.9 Å². The molecule has 76 valence electrons. The van der Waals surface area contributed by atoms with Crippen LogP contribution in [-0.4, -0.2) is 12.1 Å². The SMILES string of the molecule is F[B-](F)(F)F.O=P(O)(OF)OF.[Li+]. The Hall–Kier alpha value is 0.352. The Bertz CT molecular complexity index is 145. The third-order valence-corrected chi connectivity index (χ3v) is 0.523. The molecule has 0 fully saturated rings. The van der Waals surface area contributed by atoms with Gasteiger partial charge in [-0.1, -0.05) is 9.46 Å². The smallest absolute Gasteiger partial charge is 0.418 e. The van der Waals surface area contributed by atoms with Crippen molar-refractivity contribution in [3.05, 3.63) is 0 Å². The summed E-state index contributed by atoms with van der Waals surface area (Å²) in [7, 11) is -11.0. The molecule has 0 aromatic rings. The molecule has 0 saturated carbocycles. The van der Waals surface area contributed by atoms with Crippen molar-refractivity contribution >= 4 is 15.1 Å². The van der Waals surface area contributed by atoms with Crippen LogP contribution >= 0.6 is 7.82 Å². The second kappa shape index (κ2) is 7.73. The van der Waals surface area contributed by atoms with Crippen molar-refractivity contribution in [1.29, 1.82) is 0 Å². The zero-order chi connectivity index (χ0) is 10.4. The first-order valence-electron chi connectivity index (χ1n) is 1.93. The summed E-state index contributed by atoms with van der Waals surface area (Å²) in [6.45, 7) is 0. The number of rotatable bonds is 2. The summed E-state index contributed by atoms with van der Waals surface area (Å²) in [5.41, 5.74) is 0. The molecule has 0 saturated heterocycles. The van der Waals surface area contributed by atoms with Crippen LogP contribution in [0.1, 0.15) is 0 Å². The van der Waals surface area contributed by atoms with Crippen LogP contribution in [0.5, 0.6) is 0 Å². The van der Waals surface area contributed by atoms with Gasteiger partial charge in [0.15, 0.2) is 0 Å². The monoisotopic (exact) mass is 228 g/mol. The molecule has 0 amide bonds. The molecule has 0 spiro atoms. The Kier molecular flexibility index (Phi) is 11.3. The van der Waals surface area contributed by atoms with Gasteiger partial charge in [-0.05, 0) is 9.05 Å². The summed E-state index contributed by atoms with van der Waals surface area (Å²) in [5, 5.41) is 0. The normalized spacial score (nSPS) is 11.0. The second-order valence-corrected chi connectivity index (χ2v) is 2.31. The minimum absolute atomic E-state index is 0. The van der Waals surface area contributed by atoms with Gasteiger partial charge in [-0.2, -0.15) is 0 Å². The molecule has 0 unspecified atom stereocenters. The molecule has 13 heteroatoms. The summed E-state index contributed by atoms with van der Waals surface area (Å²) in [6.07, 6.45) is 0. The quantitative estimate of drug-likeness (QED) is 0.381. The number of hydrogen-bond donors (Lipinski definition) is 1. The largest absolute Gasteiger partial charge is 1.00 e. The third-order valence-electron chi connectivity index (χ3n) is 0.174. The molecule has 0 aromatic carbocycles. The van der Waals surface area contributed by atoms with Crippen molar-refractivity contribution in [1.82, 2.24) is 0 Å². The van der Waals surface area contributed by atoms with E-state index in [9.17, 15) is 30.9 Å². The van der Waals surface area contributed by atoms with Gasteiger partial charge < -0.3 is 17.3 Å². The molecule has 13 heavy (non-hydrogen) atoms. The van der Waals surface area contributed by atoms with Crippen LogP contribution in [0.15, 0.2) is 0 Å². The average molecular weight is 228 g/mol. The second-order valence-electron chi connectivity index (χ2n) is 1.10. The summed E-state index contributed by atoms with van der Waals surface area (Å²) >= 11 is 0. The van der Waals surface area contributed by atoms with Gasteiger partial charge in [0.05, 0.1) is 0 Å². The average Bonchev–Trinajstić information content (AvgIpc) is 1.85. The van der Waals surface area contributed by atoms with Crippen LogP contribution in [-0.2, 0) is 14.0 Å². The van der Waals surface area contributed by atoms with Crippen molar-refractivity contribution in [2.75, 3.05) is 0 Å². The minimum atomic E-state index is -6.00. The van der Waals surface area contributed by atoms with E-state index in [1.54, 1.807) is 0 Å². The summed E-state index contributed by atoms with van der Waals surface area (Å²) < 4.78 is 73.3. The fourth-order valence-electron chi connectivity index (χ4n) is 0.0106. The minimum Gasteiger partial charge on any atom is -0.418 e. The van der Waals surface area contributed by atoms with Gasteiger partial charge in [0, 0.05) is 0 Å². The van der Waals surface area contributed by atoms with Crippen molar-refractivity contribution in [2.45, 2.75) is 0 Å². The van der Waals surface area contributed by atoms with Crippen molar-refractivity contribution in [3.8, 4) is 0 Å². The van der Waals surface area contributed by atoms with Gasteiger partial charge in [-0.15, -0.1) is 0 Å². The number of hydrogen-bond acceptors (Lipinski definition) is 3. The van der Waals surface area contributed by atoms with E-state index in [4.69, 9.17) is 4.89 Å². The molecular weight excluding hydrogens is 227 g/mol. The van der Waals surface area contributed by atoms with E-state index in [0.29, 0.717) is 0 Å². The first-order valence-corrected chi connectivity index (χ1v) is 3.42. The molecule has 1 N–H and O–H groups in total. The van der Waals surface area contributed by atoms with Crippen LogP contribution in [0, 0.1) is 0 Å². The number of phosphoric acid groups is 1. The van der Waals surface area contributed by atoms with Crippen molar-refractivity contribution in [3.63, 3.8) is 0 Å². The first kappa shape index (κ1) is 19.0. The van der Waals surface area contributed by atoms with Gasteiger partial charge in [-0.25, -0.2) is 4.57 Å². The fourth-order valence-corrected chi connectivity index (χ4v) is 0.0319. The Morgan fingerprint density at radius 1 is 1.08 bits per heavy atom.